The van der Waals surface area contributed by atoms with Crippen molar-refractivity contribution in [1.29, 1.82) is 0 Å². The largest absolute Gasteiger partial charge is 0.257 e. The van der Waals surface area contributed by atoms with E-state index in [-0.39, 0.29) is 9.79 Å². The van der Waals surface area contributed by atoms with Gasteiger partial charge in [-0.3, -0.25) is 5.84 Å². The van der Waals surface area contributed by atoms with Crippen LogP contribution in [0.2, 0.25) is 0 Å². The molecule has 0 fully saturated rings. The molecule has 96 valence electrons. The Labute approximate surface area is 101 Å². The molecule has 0 radical (unpaired) electrons. The summed E-state index contributed by atoms with van der Waals surface area (Å²) in [6.07, 6.45) is 1.07. The highest BCUT2D eigenvalue weighted by atomic mass is 32.2. The smallest absolute Gasteiger partial charge is 0.253 e. The van der Waals surface area contributed by atoms with Crippen LogP contribution in [0.15, 0.2) is 21.9 Å². The number of rotatable bonds is 3. The Bertz CT molecular complexity index is 625. The average Bonchev–Trinajstić information content (AvgIpc) is 2.14. The lowest BCUT2D eigenvalue weighted by molar-refractivity contribution is 0.582. The summed E-state index contributed by atoms with van der Waals surface area (Å²) in [4.78, 5) is 1.81. The van der Waals surface area contributed by atoms with Gasteiger partial charge in [-0.25, -0.2) is 16.8 Å². The first kappa shape index (κ1) is 14.1. The lowest BCUT2D eigenvalue weighted by Gasteiger charge is -2.11. The molecular weight excluding hydrogens is 264 g/mol. The second kappa shape index (κ2) is 4.37. The maximum atomic E-state index is 11.6. The molecule has 0 aliphatic carbocycles. The summed E-state index contributed by atoms with van der Waals surface area (Å²) in [6, 6.07) is 2.62. The quantitative estimate of drug-likeness (QED) is 0.591. The molecule has 1 aromatic carbocycles. The molecule has 0 aromatic heterocycles. The van der Waals surface area contributed by atoms with Crippen molar-refractivity contribution in [1.82, 2.24) is 4.83 Å². The third-order valence-corrected chi connectivity index (χ3v) is 4.87. The first-order valence-corrected chi connectivity index (χ1v) is 8.01. The van der Waals surface area contributed by atoms with Crippen molar-refractivity contribution >= 4 is 19.9 Å². The fourth-order valence-corrected chi connectivity index (χ4v) is 3.47. The Morgan fingerprint density at radius 3 is 1.76 bits per heavy atom. The van der Waals surface area contributed by atoms with Gasteiger partial charge in [0.05, 0.1) is 9.79 Å². The fraction of sp³-hybridized carbons (Fsp3) is 0.333. The van der Waals surface area contributed by atoms with Gasteiger partial charge in [0.15, 0.2) is 9.84 Å². The van der Waals surface area contributed by atoms with E-state index >= 15 is 0 Å². The topological polar surface area (TPSA) is 106 Å². The van der Waals surface area contributed by atoms with Gasteiger partial charge in [-0.2, -0.15) is 4.83 Å². The van der Waals surface area contributed by atoms with Gasteiger partial charge in [0, 0.05) is 6.26 Å². The molecule has 1 aromatic rings. The number of nitrogens with two attached hydrogens (primary N) is 1. The number of sulfone groups is 1. The van der Waals surface area contributed by atoms with Crippen molar-refractivity contribution in [3.05, 3.63) is 23.3 Å². The van der Waals surface area contributed by atoms with E-state index in [1.54, 1.807) is 4.83 Å². The summed E-state index contributed by atoms with van der Waals surface area (Å²) in [5.74, 6) is 4.94. The minimum absolute atomic E-state index is 0.00685. The third kappa shape index (κ3) is 2.83. The Balaban J connectivity index is 3.62. The number of hydrazine groups is 1. The van der Waals surface area contributed by atoms with Crippen LogP contribution in [0.3, 0.4) is 0 Å². The molecule has 0 aliphatic heterocycles. The molecule has 0 amide bonds. The van der Waals surface area contributed by atoms with Crippen molar-refractivity contribution < 1.29 is 16.8 Å². The summed E-state index contributed by atoms with van der Waals surface area (Å²) < 4.78 is 46.0. The van der Waals surface area contributed by atoms with Crippen molar-refractivity contribution in [2.75, 3.05) is 6.26 Å². The highest BCUT2D eigenvalue weighted by Gasteiger charge is 2.20. The number of nitrogens with one attached hydrogen (secondary N) is 1. The van der Waals surface area contributed by atoms with Crippen LogP contribution in [-0.4, -0.2) is 23.1 Å². The van der Waals surface area contributed by atoms with Gasteiger partial charge < -0.3 is 0 Å². The van der Waals surface area contributed by atoms with Crippen LogP contribution in [0.4, 0.5) is 0 Å². The lowest BCUT2D eigenvalue weighted by atomic mass is 10.1. The molecule has 8 heteroatoms. The number of hydrogen-bond acceptors (Lipinski definition) is 5. The summed E-state index contributed by atoms with van der Waals surface area (Å²) >= 11 is 0. The number of sulfonamides is 1. The highest BCUT2D eigenvalue weighted by molar-refractivity contribution is 7.90. The number of aryl methyl sites for hydroxylation is 2. The van der Waals surface area contributed by atoms with Crippen molar-refractivity contribution in [2.45, 2.75) is 23.6 Å². The average molecular weight is 278 g/mol. The Morgan fingerprint density at radius 1 is 1.06 bits per heavy atom. The molecule has 0 saturated carbocycles. The van der Waals surface area contributed by atoms with Gasteiger partial charge in [-0.15, -0.1) is 0 Å². The Kier molecular flexibility index (Phi) is 3.63. The van der Waals surface area contributed by atoms with E-state index in [4.69, 9.17) is 5.84 Å². The van der Waals surface area contributed by atoms with Gasteiger partial charge >= 0.3 is 0 Å². The van der Waals surface area contributed by atoms with E-state index in [1.807, 2.05) is 0 Å². The van der Waals surface area contributed by atoms with Gasteiger partial charge in [0.1, 0.15) is 0 Å². The minimum Gasteiger partial charge on any atom is -0.257 e. The number of benzene rings is 1. The molecule has 0 saturated heterocycles. The molecule has 6 nitrogen and oxygen atoms in total. The van der Waals surface area contributed by atoms with Gasteiger partial charge in [0.25, 0.3) is 10.0 Å². The molecule has 0 aliphatic rings. The normalized spacial score (nSPS) is 12.7. The Hall–Kier alpha value is -0.960. The zero-order chi connectivity index (χ0) is 13.4. The Morgan fingerprint density at radius 2 is 1.47 bits per heavy atom. The maximum absolute atomic E-state index is 11.6. The van der Waals surface area contributed by atoms with E-state index in [1.165, 1.54) is 26.0 Å². The summed E-state index contributed by atoms with van der Waals surface area (Å²) in [5.41, 5.74) is 0.673. The second-order valence-corrected chi connectivity index (χ2v) is 7.45. The molecule has 0 bridgehead atoms. The summed E-state index contributed by atoms with van der Waals surface area (Å²) in [7, 11) is -7.15. The van der Waals surface area contributed by atoms with E-state index in [2.05, 4.69) is 0 Å². The molecular formula is C9H14N2O4S2. The zero-order valence-electron chi connectivity index (χ0n) is 9.68. The molecule has 17 heavy (non-hydrogen) atoms. The van der Waals surface area contributed by atoms with E-state index < -0.39 is 19.9 Å². The van der Waals surface area contributed by atoms with Gasteiger partial charge in [-0.05, 0) is 37.1 Å². The van der Waals surface area contributed by atoms with E-state index in [9.17, 15) is 16.8 Å². The van der Waals surface area contributed by atoms with E-state index in [0.29, 0.717) is 11.1 Å². The third-order valence-electron chi connectivity index (χ3n) is 2.29. The monoisotopic (exact) mass is 278 g/mol. The van der Waals surface area contributed by atoms with Gasteiger partial charge in [-0.1, -0.05) is 0 Å². The lowest BCUT2D eigenvalue weighted by Crippen LogP contribution is -2.31. The fourth-order valence-electron chi connectivity index (χ4n) is 1.61. The van der Waals surface area contributed by atoms with Crippen molar-refractivity contribution in [3.8, 4) is 0 Å². The van der Waals surface area contributed by atoms with Crippen LogP contribution in [0.25, 0.3) is 0 Å². The zero-order valence-corrected chi connectivity index (χ0v) is 11.3. The molecule has 0 atom stereocenters. The molecule has 0 heterocycles. The van der Waals surface area contributed by atoms with Crippen LogP contribution >= 0.6 is 0 Å². The highest BCUT2D eigenvalue weighted by Crippen LogP contribution is 2.23. The summed E-state index contributed by atoms with van der Waals surface area (Å²) in [5, 5.41) is 0. The van der Waals surface area contributed by atoms with Crippen LogP contribution in [0, 0.1) is 13.8 Å². The maximum Gasteiger partial charge on any atom is 0.253 e. The van der Waals surface area contributed by atoms with Crippen LogP contribution < -0.4 is 10.7 Å². The molecule has 3 N–H and O–H groups in total. The second-order valence-electron chi connectivity index (χ2n) is 3.78. The van der Waals surface area contributed by atoms with Crippen molar-refractivity contribution in [3.63, 3.8) is 0 Å². The van der Waals surface area contributed by atoms with Crippen LogP contribution in [0.5, 0.6) is 0 Å². The van der Waals surface area contributed by atoms with Crippen molar-refractivity contribution in [2.24, 2.45) is 5.84 Å². The summed E-state index contributed by atoms with van der Waals surface area (Å²) in [6.45, 7) is 3.04. The van der Waals surface area contributed by atoms with E-state index in [0.717, 1.165) is 6.26 Å². The predicted octanol–water partition coefficient (Wildman–Crippen LogP) is -0.141. The van der Waals surface area contributed by atoms with Crippen LogP contribution in [0.1, 0.15) is 11.1 Å². The molecule has 1 rings (SSSR count). The standard InChI is InChI=1S/C9H14N2O4S2/c1-6-4-8(16(3,12)13)5-7(2)9(6)17(14,15)11-10/h4-5,11H,10H2,1-3H3. The first-order chi connectivity index (χ1) is 7.59. The first-order valence-electron chi connectivity index (χ1n) is 4.63. The molecule has 0 unspecified atom stereocenters. The molecule has 0 spiro atoms. The van der Waals surface area contributed by atoms with Crippen LogP contribution in [-0.2, 0) is 19.9 Å². The van der Waals surface area contributed by atoms with Gasteiger partial charge in [0.2, 0.25) is 0 Å². The minimum atomic E-state index is -3.79. The number of hydrogen-bond donors (Lipinski definition) is 2. The SMILES string of the molecule is Cc1cc(S(C)(=O)=O)cc(C)c1S(=O)(=O)NN. The predicted molar refractivity (Wildman–Crippen MR) is 63.5 cm³/mol.